The number of ether oxygens (including phenoxy) is 1. The Hall–Kier alpha value is -4.66. The van der Waals surface area contributed by atoms with Crippen molar-refractivity contribution in [1.29, 1.82) is 0 Å². The number of hydrogen-bond acceptors (Lipinski definition) is 7. The highest BCUT2D eigenvalue weighted by Crippen LogP contribution is 2.33. The molecule has 0 spiro atoms. The minimum atomic E-state index is -0.375. The van der Waals surface area contributed by atoms with Crippen molar-refractivity contribution in [3.05, 3.63) is 72.4 Å². The number of anilines is 3. The summed E-state index contributed by atoms with van der Waals surface area (Å²) in [5.41, 5.74) is 10.3. The van der Waals surface area contributed by atoms with E-state index in [1.807, 2.05) is 25.1 Å². The van der Waals surface area contributed by atoms with Gasteiger partial charge in [0.15, 0.2) is 0 Å². The molecule has 0 saturated carbocycles. The Labute approximate surface area is 189 Å². The molecule has 9 nitrogen and oxygen atoms in total. The molecule has 0 atom stereocenters. The van der Waals surface area contributed by atoms with Crippen LogP contribution in [0.25, 0.3) is 22.2 Å². The lowest BCUT2D eigenvalue weighted by molar-refractivity contribution is -0.111. The summed E-state index contributed by atoms with van der Waals surface area (Å²) in [6, 6.07) is 13.9. The van der Waals surface area contributed by atoms with E-state index in [0.717, 1.165) is 22.9 Å². The zero-order valence-corrected chi connectivity index (χ0v) is 18.0. The van der Waals surface area contributed by atoms with Crippen molar-refractivity contribution in [1.82, 2.24) is 10.1 Å². The number of carbonyl (C=O) groups excluding carboxylic acids is 2. The number of benzene rings is 2. The molecular weight excluding hydrogens is 422 g/mol. The van der Waals surface area contributed by atoms with Crippen molar-refractivity contribution in [3.8, 4) is 16.9 Å². The van der Waals surface area contributed by atoms with Crippen LogP contribution in [-0.2, 0) is 4.79 Å². The summed E-state index contributed by atoms with van der Waals surface area (Å²) in [4.78, 5) is 28.6. The van der Waals surface area contributed by atoms with Gasteiger partial charge in [-0.2, -0.15) is 0 Å². The molecule has 4 rings (SSSR count). The van der Waals surface area contributed by atoms with E-state index in [1.165, 1.54) is 7.11 Å². The Balaban J connectivity index is 1.55. The number of nitrogen functional groups attached to an aromatic ring is 1. The summed E-state index contributed by atoms with van der Waals surface area (Å²) in [5.74, 6) is -0.142. The van der Waals surface area contributed by atoms with Gasteiger partial charge >= 0.3 is 0 Å². The lowest BCUT2D eigenvalue weighted by Gasteiger charge is -2.12. The second-order valence-electron chi connectivity index (χ2n) is 7.20. The van der Waals surface area contributed by atoms with Crippen molar-refractivity contribution in [3.63, 3.8) is 0 Å². The van der Waals surface area contributed by atoms with Crippen LogP contribution in [0.4, 0.5) is 17.3 Å². The van der Waals surface area contributed by atoms with Gasteiger partial charge in [0.25, 0.3) is 5.91 Å². The van der Waals surface area contributed by atoms with Crippen LogP contribution >= 0.6 is 0 Å². The van der Waals surface area contributed by atoms with E-state index in [1.54, 1.807) is 30.3 Å². The fraction of sp³-hybridized carbons (Fsp3) is 0.0833. The highest BCUT2D eigenvalue weighted by atomic mass is 16.5. The molecule has 0 unspecified atom stereocenters. The molecular formula is C24H21N5O4. The normalized spacial score (nSPS) is 10.6. The van der Waals surface area contributed by atoms with Crippen molar-refractivity contribution >= 4 is 40.1 Å². The number of carbonyl (C=O) groups is 2. The molecule has 2 heterocycles. The summed E-state index contributed by atoms with van der Waals surface area (Å²) in [6.45, 7) is 5.28. The molecule has 4 N–H and O–H groups in total. The third-order valence-corrected chi connectivity index (χ3v) is 4.97. The average molecular weight is 443 g/mol. The topological polar surface area (TPSA) is 132 Å². The Morgan fingerprint density at radius 2 is 1.88 bits per heavy atom. The molecule has 2 amide bonds. The minimum Gasteiger partial charge on any atom is -0.495 e. The maximum Gasteiger partial charge on any atom is 0.255 e. The molecule has 166 valence electrons. The van der Waals surface area contributed by atoms with Gasteiger partial charge in [-0.15, -0.1) is 0 Å². The van der Waals surface area contributed by atoms with Crippen molar-refractivity contribution < 1.29 is 18.8 Å². The maximum absolute atomic E-state index is 12.7. The zero-order chi connectivity index (χ0) is 23.5. The van der Waals surface area contributed by atoms with Crippen molar-refractivity contribution in [2.45, 2.75) is 6.92 Å². The van der Waals surface area contributed by atoms with Crippen LogP contribution in [0.1, 0.15) is 16.1 Å². The molecule has 0 aliphatic rings. The van der Waals surface area contributed by atoms with Gasteiger partial charge in [-0.1, -0.05) is 23.9 Å². The SMILES string of the molecule is C=CC(=O)Nc1ccc(C(=O)Nc2ccc(-c3cc(C)nc4noc(N)c34)cc2)cc1OC. The Bertz CT molecular complexity index is 1380. The monoisotopic (exact) mass is 443 g/mol. The van der Waals surface area contributed by atoms with Crippen molar-refractivity contribution in [2.75, 3.05) is 23.5 Å². The number of rotatable bonds is 6. The predicted molar refractivity (Wildman–Crippen MR) is 126 cm³/mol. The Morgan fingerprint density at radius 1 is 1.12 bits per heavy atom. The number of methoxy groups -OCH3 is 1. The van der Waals surface area contributed by atoms with E-state index < -0.39 is 0 Å². The molecule has 2 aromatic heterocycles. The molecule has 0 bridgehead atoms. The quantitative estimate of drug-likeness (QED) is 0.381. The van der Waals surface area contributed by atoms with Gasteiger partial charge in [0.05, 0.1) is 18.2 Å². The summed E-state index contributed by atoms with van der Waals surface area (Å²) < 4.78 is 10.4. The van der Waals surface area contributed by atoms with E-state index in [9.17, 15) is 9.59 Å². The largest absolute Gasteiger partial charge is 0.495 e. The summed E-state index contributed by atoms with van der Waals surface area (Å²) >= 11 is 0. The summed E-state index contributed by atoms with van der Waals surface area (Å²) in [7, 11) is 1.46. The average Bonchev–Trinajstić information content (AvgIpc) is 3.19. The number of fused-ring (bicyclic) bond motifs is 1. The van der Waals surface area contributed by atoms with E-state index in [2.05, 4.69) is 27.4 Å². The smallest absolute Gasteiger partial charge is 0.255 e. The van der Waals surface area contributed by atoms with E-state index in [0.29, 0.717) is 33.7 Å². The third-order valence-electron chi connectivity index (χ3n) is 4.97. The molecule has 0 radical (unpaired) electrons. The lowest BCUT2D eigenvalue weighted by Crippen LogP contribution is -2.13. The molecule has 0 saturated heterocycles. The van der Waals surface area contributed by atoms with Crippen LogP contribution < -0.4 is 21.1 Å². The first kappa shape index (κ1) is 21.6. The lowest BCUT2D eigenvalue weighted by atomic mass is 10.0. The number of hydrogen-bond donors (Lipinski definition) is 3. The second-order valence-corrected chi connectivity index (χ2v) is 7.20. The van der Waals surface area contributed by atoms with Crippen LogP contribution in [0.3, 0.4) is 0 Å². The highest BCUT2D eigenvalue weighted by molar-refractivity contribution is 6.06. The molecule has 33 heavy (non-hydrogen) atoms. The fourth-order valence-corrected chi connectivity index (χ4v) is 3.39. The number of aryl methyl sites for hydroxylation is 1. The second kappa shape index (κ2) is 8.83. The van der Waals surface area contributed by atoms with Gasteiger partial charge < -0.3 is 25.6 Å². The molecule has 0 fully saturated rings. The first-order valence-electron chi connectivity index (χ1n) is 9.95. The van der Waals surface area contributed by atoms with E-state index in [4.69, 9.17) is 15.0 Å². The van der Waals surface area contributed by atoms with Gasteiger partial charge in [0.1, 0.15) is 5.75 Å². The van der Waals surface area contributed by atoms with Crippen LogP contribution in [0.2, 0.25) is 0 Å². The summed E-state index contributed by atoms with van der Waals surface area (Å²) in [5, 5.41) is 10.0. The third kappa shape index (κ3) is 4.38. The number of pyridine rings is 1. The van der Waals surface area contributed by atoms with E-state index >= 15 is 0 Å². The Morgan fingerprint density at radius 3 is 2.58 bits per heavy atom. The minimum absolute atomic E-state index is 0.201. The van der Waals surface area contributed by atoms with Crippen LogP contribution in [-0.4, -0.2) is 29.1 Å². The molecule has 2 aromatic carbocycles. The van der Waals surface area contributed by atoms with Gasteiger partial charge in [-0.25, -0.2) is 4.98 Å². The molecule has 0 aliphatic carbocycles. The van der Waals surface area contributed by atoms with Gasteiger partial charge in [-0.05, 0) is 55.0 Å². The van der Waals surface area contributed by atoms with Gasteiger partial charge in [0.2, 0.25) is 17.4 Å². The van der Waals surface area contributed by atoms with Crippen LogP contribution in [0.15, 0.2) is 65.7 Å². The number of nitrogens with two attached hydrogens (primary N) is 1. The van der Waals surface area contributed by atoms with Gasteiger partial charge in [-0.3, -0.25) is 9.59 Å². The number of nitrogens with one attached hydrogen (secondary N) is 2. The number of amides is 2. The molecule has 9 heteroatoms. The predicted octanol–water partition coefficient (Wildman–Crippen LogP) is 4.17. The first-order chi connectivity index (χ1) is 15.9. The molecule has 0 aliphatic heterocycles. The molecule has 4 aromatic rings. The highest BCUT2D eigenvalue weighted by Gasteiger charge is 2.15. The van der Waals surface area contributed by atoms with Gasteiger partial charge in [0, 0.05) is 22.5 Å². The number of aromatic nitrogens is 2. The van der Waals surface area contributed by atoms with Crippen LogP contribution in [0, 0.1) is 6.92 Å². The maximum atomic E-state index is 12.7. The Kier molecular flexibility index (Phi) is 5.77. The number of nitrogens with zero attached hydrogens (tertiary/aromatic N) is 2. The zero-order valence-electron chi connectivity index (χ0n) is 18.0. The van der Waals surface area contributed by atoms with Crippen LogP contribution in [0.5, 0.6) is 5.75 Å². The first-order valence-corrected chi connectivity index (χ1v) is 9.95. The van der Waals surface area contributed by atoms with Crippen molar-refractivity contribution in [2.24, 2.45) is 0 Å². The van der Waals surface area contributed by atoms with E-state index in [-0.39, 0.29) is 17.7 Å². The fourth-order valence-electron chi connectivity index (χ4n) is 3.39. The summed E-state index contributed by atoms with van der Waals surface area (Å²) in [6.07, 6.45) is 1.15. The standard InChI is InChI=1S/C24H21N5O4/c1-4-20(30)28-18-10-7-15(12-19(18)32-3)24(31)27-16-8-5-14(6-9-16)17-11-13(2)26-23-21(17)22(25)33-29-23/h4-12H,1,25H2,2-3H3,(H,27,31)(H,28,30).